The zero-order valence-electron chi connectivity index (χ0n) is 50.3. The van der Waals surface area contributed by atoms with Crippen molar-refractivity contribution in [2.45, 2.75) is 366 Å². The van der Waals surface area contributed by atoms with Gasteiger partial charge in [-0.2, -0.15) is 0 Å². The second kappa shape index (κ2) is 64.3. The molecule has 2 atom stereocenters. The molecule has 2 unspecified atom stereocenters. The zero-order valence-corrected chi connectivity index (χ0v) is 50.3. The summed E-state index contributed by atoms with van der Waals surface area (Å²) in [4.78, 5) is 24.5. The molecule has 440 valence electrons. The van der Waals surface area contributed by atoms with E-state index >= 15 is 0 Å². The Morgan fingerprint density at radius 2 is 0.667 bits per heavy atom. The maximum absolute atomic E-state index is 12.5. The average molecular weight is 1050 g/mol. The number of unbranched alkanes of at least 4 members (excludes halogenated alkanes) is 43. The van der Waals surface area contributed by atoms with Gasteiger partial charge in [-0.15, -0.1) is 0 Å². The highest BCUT2D eigenvalue weighted by Crippen LogP contribution is 2.18. The van der Waals surface area contributed by atoms with Crippen molar-refractivity contribution < 1.29 is 24.5 Å². The minimum atomic E-state index is -0.663. The third kappa shape index (κ3) is 60.9. The van der Waals surface area contributed by atoms with Crippen LogP contribution < -0.4 is 5.32 Å². The Labute approximate surface area is 467 Å². The van der Waals surface area contributed by atoms with Crippen LogP contribution >= 0.6 is 0 Å². The summed E-state index contributed by atoms with van der Waals surface area (Å²) in [5.74, 6) is -0.0351. The average Bonchev–Trinajstić information content (AvgIpc) is 3.41. The normalized spacial score (nSPS) is 12.9. The molecule has 0 spiro atoms. The Hall–Kier alpha value is -2.18. The molecule has 0 rings (SSSR count). The van der Waals surface area contributed by atoms with Crippen LogP contribution in [0.3, 0.4) is 0 Å². The Kier molecular flexibility index (Phi) is 62.5. The second-order valence-corrected chi connectivity index (χ2v) is 22.8. The monoisotopic (exact) mass is 1050 g/mol. The van der Waals surface area contributed by atoms with E-state index in [1.165, 1.54) is 263 Å². The smallest absolute Gasteiger partial charge is 0.305 e. The van der Waals surface area contributed by atoms with Crippen LogP contribution in [0.5, 0.6) is 0 Å². The molecule has 0 aromatic carbocycles. The molecule has 0 saturated carbocycles. The van der Waals surface area contributed by atoms with Crippen LogP contribution in [0.4, 0.5) is 0 Å². The lowest BCUT2D eigenvalue weighted by molar-refractivity contribution is -0.143. The summed E-state index contributed by atoms with van der Waals surface area (Å²) in [6.07, 6.45) is 82.9. The van der Waals surface area contributed by atoms with Crippen molar-refractivity contribution in [3.8, 4) is 0 Å². The number of rotatable bonds is 62. The first-order valence-corrected chi connectivity index (χ1v) is 33.4. The minimum absolute atomic E-state index is 0.00102. The van der Waals surface area contributed by atoms with Crippen LogP contribution in [0.25, 0.3) is 0 Å². The summed E-state index contributed by atoms with van der Waals surface area (Å²) >= 11 is 0. The third-order valence-electron chi connectivity index (χ3n) is 15.4. The quantitative estimate of drug-likeness (QED) is 0.0320. The molecule has 0 fully saturated rings. The number of hydrogen-bond donors (Lipinski definition) is 3. The molecule has 0 heterocycles. The molecule has 0 aliphatic heterocycles. The zero-order chi connectivity index (χ0) is 54.3. The Morgan fingerprint density at radius 1 is 0.373 bits per heavy atom. The molecule has 0 aliphatic rings. The Morgan fingerprint density at radius 3 is 1.04 bits per heavy atom. The van der Waals surface area contributed by atoms with E-state index in [-0.39, 0.29) is 18.5 Å². The van der Waals surface area contributed by atoms with E-state index in [0.717, 1.165) is 57.8 Å². The molecule has 0 aromatic rings. The van der Waals surface area contributed by atoms with Gasteiger partial charge in [-0.1, -0.05) is 300 Å². The fourth-order valence-corrected chi connectivity index (χ4v) is 10.2. The van der Waals surface area contributed by atoms with E-state index in [4.69, 9.17) is 4.74 Å². The highest BCUT2D eigenvalue weighted by molar-refractivity contribution is 5.76. The van der Waals surface area contributed by atoms with E-state index in [0.29, 0.717) is 25.9 Å². The van der Waals surface area contributed by atoms with Gasteiger partial charge in [0.1, 0.15) is 0 Å². The molecule has 0 aliphatic carbocycles. The molecule has 0 bridgehead atoms. The summed E-state index contributed by atoms with van der Waals surface area (Å²) < 4.78 is 5.48. The van der Waals surface area contributed by atoms with Crippen molar-refractivity contribution in [1.82, 2.24) is 5.32 Å². The summed E-state index contributed by atoms with van der Waals surface area (Å²) in [6, 6.07) is -0.540. The van der Waals surface area contributed by atoms with Crippen molar-refractivity contribution in [3.63, 3.8) is 0 Å². The predicted molar refractivity (Wildman–Crippen MR) is 329 cm³/mol. The number of hydrogen-bond acceptors (Lipinski definition) is 5. The SMILES string of the molecule is CCCCC/C=C\C/C=C\CCCCCCCC(=O)OCCCCCCCCCCC/C=C\C/C=C\CCCCCCCCCCCCCCCCCC(=O)NC(CO)C(O)CCCCCCCCCCCCCC. The first-order valence-electron chi connectivity index (χ1n) is 33.4. The number of allylic oxidation sites excluding steroid dienone is 8. The number of aliphatic hydroxyl groups is 2. The lowest BCUT2D eigenvalue weighted by Crippen LogP contribution is -2.45. The van der Waals surface area contributed by atoms with Gasteiger partial charge >= 0.3 is 5.97 Å². The number of nitrogens with one attached hydrogen (secondary N) is 1. The lowest BCUT2D eigenvalue weighted by Gasteiger charge is -2.22. The van der Waals surface area contributed by atoms with Crippen molar-refractivity contribution in [2.24, 2.45) is 0 Å². The lowest BCUT2D eigenvalue weighted by atomic mass is 10.0. The van der Waals surface area contributed by atoms with Crippen molar-refractivity contribution in [1.29, 1.82) is 0 Å². The molecule has 0 saturated heterocycles. The highest BCUT2D eigenvalue weighted by Gasteiger charge is 2.20. The van der Waals surface area contributed by atoms with Crippen LogP contribution in [-0.2, 0) is 14.3 Å². The first kappa shape index (κ1) is 72.8. The summed E-state index contributed by atoms with van der Waals surface area (Å²) in [5.41, 5.74) is 0. The summed E-state index contributed by atoms with van der Waals surface area (Å²) in [6.45, 7) is 4.93. The van der Waals surface area contributed by atoms with E-state index in [9.17, 15) is 19.8 Å². The van der Waals surface area contributed by atoms with Gasteiger partial charge in [0.25, 0.3) is 0 Å². The molecule has 3 N–H and O–H groups in total. The van der Waals surface area contributed by atoms with Gasteiger partial charge in [-0.25, -0.2) is 0 Å². The van der Waals surface area contributed by atoms with Gasteiger partial charge in [0.2, 0.25) is 5.91 Å². The predicted octanol–water partition coefficient (Wildman–Crippen LogP) is 21.3. The Bertz CT molecular complexity index is 1260. The maximum atomic E-state index is 12.5. The van der Waals surface area contributed by atoms with Gasteiger partial charge < -0.3 is 20.3 Å². The number of ether oxygens (including phenoxy) is 1. The van der Waals surface area contributed by atoms with E-state index in [1.54, 1.807) is 0 Å². The summed E-state index contributed by atoms with van der Waals surface area (Å²) in [5, 5.41) is 23.2. The van der Waals surface area contributed by atoms with Crippen LogP contribution in [-0.4, -0.2) is 47.4 Å². The van der Waals surface area contributed by atoms with Gasteiger partial charge in [0.15, 0.2) is 0 Å². The molecule has 6 heteroatoms. The number of amides is 1. The van der Waals surface area contributed by atoms with Gasteiger partial charge in [0.05, 0.1) is 25.4 Å². The van der Waals surface area contributed by atoms with Crippen molar-refractivity contribution in [2.75, 3.05) is 13.2 Å². The van der Waals surface area contributed by atoms with Crippen LogP contribution in [0.1, 0.15) is 354 Å². The molecule has 0 radical (unpaired) electrons. The van der Waals surface area contributed by atoms with E-state index in [2.05, 4.69) is 67.8 Å². The van der Waals surface area contributed by atoms with Gasteiger partial charge in [-0.3, -0.25) is 9.59 Å². The van der Waals surface area contributed by atoms with Crippen molar-refractivity contribution in [3.05, 3.63) is 48.6 Å². The van der Waals surface area contributed by atoms with E-state index in [1.807, 2.05) is 0 Å². The van der Waals surface area contributed by atoms with Crippen LogP contribution in [0, 0.1) is 0 Å². The van der Waals surface area contributed by atoms with Gasteiger partial charge in [-0.05, 0) is 89.9 Å². The number of esters is 1. The number of aliphatic hydroxyl groups excluding tert-OH is 2. The number of carbonyl (C=O) groups excluding carboxylic acids is 2. The minimum Gasteiger partial charge on any atom is -0.466 e. The molecular weight excluding hydrogens is 923 g/mol. The fraction of sp³-hybridized carbons (Fsp3) is 0.855. The standard InChI is InChI=1S/C69H129NO5/c1-3-5-7-9-11-13-15-17-35-39-43-47-51-55-59-63-69(74)75-64-60-56-52-48-44-40-37-34-32-30-28-26-24-22-20-18-19-21-23-25-27-29-31-33-36-38-42-46-50-54-58-62-68(73)70-66(65-71)67(72)61-57-53-49-45-41-16-14-12-10-8-6-4-2/h11,13,17,20,22,26,28,35,66-67,71-72H,3-10,12,14-16,18-19,21,23-25,27,29-34,36-65H2,1-2H3,(H,70,73)/b13-11-,22-20-,28-26-,35-17-. The highest BCUT2D eigenvalue weighted by atomic mass is 16.5. The molecule has 75 heavy (non-hydrogen) atoms. The van der Waals surface area contributed by atoms with Crippen molar-refractivity contribution >= 4 is 11.9 Å². The molecule has 1 amide bonds. The second-order valence-electron chi connectivity index (χ2n) is 22.8. The van der Waals surface area contributed by atoms with Crippen LogP contribution in [0.15, 0.2) is 48.6 Å². The molecular formula is C69H129NO5. The fourth-order valence-electron chi connectivity index (χ4n) is 10.2. The third-order valence-corrected chi connectivity index (χ3v) is 15.4. The van der Waals surface area contributed by atoms with E-state index < -0.39 is 12.1 Å². The van der Waals surface area contributed by atoms with Gasteiger partial charge in [0, 0.05) is 12.8 Å². The topological polar surface area (TPSA) is 95.9 Å². The molecule has 0 aromatic heterocycles. The first-order chi connectivity index (χ1) is 37.0. The molecule has 6 nitrogen and oxygen atoms in total. The summed E-state index contributed by atoms with van der Waals surface area (Å²) in [7, 11) is 0. The number of carbonyl (C=O) groups is 2. The largest absolute Gasteiger partial charge is 0.466 e. The Balaban J connectivity index is 3.39. The maximum Gasteiger partial charge on any atom is 0.305 e. The van der Waals surface area contributed by atoms with Crippen LogP contribution in [0.2, 0.25) is 0 Å².